The number of Topliss-reactive ketones (excluding diaryl/α,β-unsaturated/α-hetero) is 1. The number of nitrogens with zero attached hydrogens (tertiary/aromatic N) is 1. The lowest BCUT2D eigenvalue weighted by Crippen LogP contribution is -2.65. The lowest BCUT2D eigenvalue weighted by molar-refractivity contribution is -0.190. The van der Waals surface area contributed by atoms with Gasteiger partial charge in [-0.05, 0) is 36.8 Å². The maximum atomic E-state index is 14.6. The second kappa shape index (κ2) is 9.98. The molecule has 3 aliphatic rings. The zero-order valence-corrected chi connectivity index (χ0v) is 23.6. The molecule has 0 aromatic carbocycles. The Bertz CT molecular complexity index is 1220. The Hall–Kier alpha value is -2.82. The fourth-order valence-corrected chi connectivity index (χ4v) is 7.24. The van der Waals surface area contributed by atoms with Crippen molar-refractivity contribution in [3.05, 3.63) is 40.3 Å². The Morgan fingerprint density at radius 3 is 2.44 bits per heavy atom. The number of hydrogen-bond donors (Lipinski definition) is 3. The molecule has 39 heavy (non-hydrogen) atoms. The molecule has 7 atom stereocenters. The molecule has 3 N–H and O–H groups in total. The van der Waals surface area contributed by atoms with Gasteiger partial charge < -0.3 is 29.3 Å². The molecule has 0 aliphatic heterocycles. The number of aromatic nitrogens is 1. The van der Waals surface area contributed by atoms with Crippen molar-refractivity contribution in [2.75, 3.05) is 6.61 Å². The molecule has 1 aromatic rings. The van der Waals surface area contributed by atoms with Crippen molar-refractivity contribution >= 4 is 17.7 Å². The van der Waals surface area contributed by atoms with Gasteiger partial charge in [-0.1, -0.05) is 51.9 Å². The van der Waals surface area contributed by atoms with Gasteiger partial charge in [-0.15, -0.1) is 0 Å². The van der Waals surface area contributed by atoms with Gasteiger partial charge in [0.2, 0.25) is 0 Å². The Kier molecular flexibility index (Phi) is 7.46. The number of fused-ring (bicyclic) bond motifs is 1. The van der Waals surface area contributed by atoms with Crippen molar-refractivity contribution in [1.29, 1.82) is 0 Å². The van der Waals surface area contributed by atoms with E-state index in [2.05, 4.69) is 5.16 Å². The summed E-state index contributed by atoms with van der Waals surface area (Å²) in [5.74, 6) is -3.12. The van der Waals surface area contributed by atoms with Crippen LogP contribution < -0.4 is 0 Å². The van der Waals surface area contributed by atoms with Gasteiger partial charge in [0.1, 0.15) is 17.8 Å². The van der Waals surface area contributed by atoms with Crippen LogP contribution in [0.4, 0.5) is 0 Å². The van der Waals surface area contributed by atoms with Crippen LogP contribution in [0, 0.1) is 22.7 Å². The first-order chi connectivity index (χ1) is 18.2. The van der Waals surface area contributed by atoms with E-state index in [0.717, 1.165) is 0 Å². The molecule has 1 spiro atoms. The van der Waals surface area contributed by atoms with Crippen LogP contribution >= 0.6 is 0 Å². The predicted octanol–water partition coefficient (Wildman–Crippen LogP) is 2.48. The second-order valence-corrected chi connectivity index (χ2v) is 11.8. The fraction of sp³-hybridized carbons (Fsp3) is 0.655. The van der Waals surface area contributed by atoms with E-state index in [9.17, 15) is 29.7 Å². The highest BCUT2D eigenvalue weighted by molar-refractivity contribution is 5.96. The number of aliphatic hydroxyl groups excluding tert-OH is 2. The third-order valence-corrected chi connectivity index (χ3v) is 8.90. The smallest absolute Gasteiger partial charge is 0.344 e. The van der Waals surface area contributed by atoms with Crippen LogP contribution in [0.1, 0.15) is 76.7 Å². The first-order valence-corrected chi connectivity index (χ1v) is 13.5. The summed E-state index contributed by atoms with van der Waals surface area (Å²) in [7, 11) is 0. The number of ether oxygens (including phenoxy) is 2. The van der Waals surface area contributed by atoms with Gasteiger partial charge in [-0.3, -0.25) is 9.59 Å². The number of hydrogen-bond acceptors (Lipinski definition) is 10. The summed E-state index contributed by atoms with van der Waals surface area (Å²) in [4.78, 5) is 40.2. The summed E-state index contributed by atoms with van der Waals surface area (Å²) in [6.07, 6.45) is 0.0586. The predicted molar refractivity (Wildman–Crippen MR) is 138 cm³/mol. The van der Waals surface area contributed by atoms with Gasteiger partial charge >= 0.3 is 11.9 Å². The highest BCUT2D eigenvalue weighted by Crippen LogP contribution is 2.61. The molecule has 1 aromatic heterocycles. The normalized spacial score (nSPS) is 35.3. The summed E-state index contributed by atoms with van der Waals surface area (Å²) in [5, 5.41) is 38.5. The first-order valence-electron chi connectivity index (χ1n) is 13.5. The summed E-state index contributed by atoms with van der Waals surface area (Å²) in [6.45, 7) is 11.4. The third-order valence-electron chi connectivity index (χ3n) is 8.90. The molecule has 1 fully saturated rings. The maximum absolute atomic E-state index is 14.6. The van der Waals surface area contributed by atoms with E-state index in [4.69, 9.17) is 14.0 Å². The van der Waals surface area contributed by atoms with Crippen LogP contribution in [0.25, 0.3) is 0 Å². The molecule has 0 radical (unpaired) electrons. The van der Waals surface area contributed by atoms with E-state index in [1.807, 2.05) is 20.8 Å². The van der Waals surface area contributed by atoms with Crippen molar-refractivity contribution in [2.45, 2.75) is 91.6 Å². The third kappa shape index (κ3) is 4.10. The average molecular weight is 546 g/mol. The molecule has 1 saturated carbocycles. The lowest BCUT2D eigenvalue weighted by atomic mass is 9.59. The Morgan fingerprint density at radius 1 is 1.21 bits per heavy atom. The SMILES string of the molecule is CCc1noc(CC)c1C(=O)O[C@H]1C(C)=C[C@]23C(=O)[C@@H](C=C(CO)[C@@H](O)[C@]12O)[C@@H](OC(C)=O)C(C)(C)C[C@H]3C. The van der Waals surface area contributed by atoms with E-state index >= 15 is 0 Å². The van der Waals surface area contributed by atoms with Gasteiger partial charge in [0.25, 0.3) is 0 Å². The van der Waals surface area contributed by atoms with Crippen molar-refractivity contribution < 1.29 is 43.7 Å². The minimum atomic E-state index is -2.34. The van der Waals surface area contributed by atoms with E-state index < -0.39 is 70.9 Å². The average Bonchev–Trinajstić information content (AvgIpc) is 3.36. The van der Waals surface area contributed by atoms with Crippen molar-refractivity contribution in [3.8, 4) is 0 Å². The minimum absolute atomic E-state index is 0.0163. The van der Waals surface area contributed by atoms with E-state index in [1.165, 1.54) is 13.0 Å². The number of ketones is 1. The summed E-state index contributed by atoms with van der Waals surface area (Å²) < 4.78 is 17.0. The molecule has 4 rings (SSSR count). The van der Waals surface area contributed by atoms with Gasteiger partial charge in [-0.25, -0.2) is 4.79 Å². The summed E-state index contributed by atoms with van der Waals surface area (Å²) >= 11 is 0. The summed E-state index contributed by atoms with van der Waals surface area (Å²) in [6, 6.07) is 0. The highest BCUT2D eigenvalue weighted by atomic mass is 16.6. The van der Waals surface area contributed by atoms with Gasteiger partial charge in [0, 0.05) is 18.8 Å². The molecule has 0 amide bonds. The minimum Gasteiger partial charge on any atom is -0.461 e. The van der Waals surface area contributed by atoms with Gasteiger partial charge in [-0.2, -0.15) is 0 Å². The van der Waals surface area contributed by atoms with Crippen LogP contribution in [0.2, 0.25) is 0 Å². The Labute approximate surface area is 228 Å². The standard InChI is InChI=1S/C29H39NO9/c1-8-19-21(20(9-2)39-30-19)26(35)38-24-14(3)11-28-15(4)12-27(6,7)25(37-16(5)32)18(23(28)34)10-17(13-31)22(33)29(24,28)36/h10-11,15,18,22,24-25,31,33,36H,8-9,12-13H2,1-7H3/t15-,18-,22-,24+,25-,28+,29+/m1/s1. The molecular formula is C29H39NO9. The largest absolute Gasteiger partial charge is 0.461 e. The highest BCUT2D eigenvalue weighted by Gasteiger charge is 2.73. The zero-order chi connectivity index (χ0) is 29.1. The molecule has 0 saturated heterocycles. The number of esters is 2. The number of aliphatic hydroxyl groups is 3. The molecule has 2 bridgehead atoms. The van der Waals surface area contributed by atoms with Gasteiger partial charge in [0.15, 0.2) is 23.2 Å². The van der Waals surface area contributed by atoms with Crippen LogP contribution in [0.15, 0.2) is 27.8 Å². The zero-order valence-electron chi connectivity index (χ0n) is 23.6. The second-order valence-electron chi connectivity index (χ2n) is 11.8. The van der Waals surface area contributed by atoms with Crippen LogP contribution in [-0.4, -0.2) is 68.7 Å². The number of aryl methyl sites for hydroxylation is 2. The Morgan fingerprint density at radius 2 is 1.87 bits per heavy atom. The monoisotopic (exact) mass is 545 g/mol. The topological polar surface area (TPSA) is 156 Å². The van der Waals surface area contributed by atoms with Crippen molar-refractivity contribution in [1.82, 2.24) is 5.16 Å². The van der Waals surface area contributed by atoms with E-state index in [1.54, 1.807) is 26.8 Å². The molecule has 10 heteroatoms. The van der Waals surface area contributed by atoms with E-state index in [-0.39, 0.29) is 11.1 Å². The summed E-state index contributed by atoms with van der Waals surface area (Å²) in [5.41, 5.74) is -3.82. The number of rotatable bonds is 6. The van der Waals surface area contributed by atoms with Crippen LogP contribution in [0.3, 0.4) is 0 Å². The molecule has 10 nitrogen and oxygen atoms in total. The van der Waals surface area contributed by atoms with Crippen molar-refractivity contribution in [3.63, 3.8) is 0 Å². The molecule has 3 aliphatic carbocycles. The quantitative estimate of drug-likeness (QED) is 0.358. The van der Waals surface area contributed by atoms with Gasteiger partial charge in [0.05, 0.1) is 23.6 Å². The van der Waals surface area contributed by atoms with Crippen LogP contribution in [0.5, 0.6) is 0 Å². The first kappa shape index (κ1) is 29.2. The maximum Gasteiger partial charge on any atom is 0.344 e. The number of carbonyl (C=O) groups excluding carboxylic acids is 3. The van der Waals surface area contributed by atoms with E-state index in [0.29, 0.717) is 36.3 Å². The number of carbonyl (C=O) groups is 3. The van der Waals surface area contributed by atoms with Crippen molar-refractivity contribution in [2.24, 2.45) is 22.7 Å². The molecule has 0 unspecified atom stereocenters. The fourth-order valence-electron chi connectivity index (χ4n) is 7.24. The molecule has 1 heterocycles. The molecule has 214 valence electrons. The van der Waals surface area contributed by atoms with Crippen LogP contribution in [-0.2, 0) is 31.9 Å². The Balaban J connectivity index is 1.91. The lowest BCUT2D eigenvalue weighted by Gasteiger charge is -2.48. The molecular weight excluding hydrogens is 506 g/mol.